The SMILES string of the molecule is Cc1cccc(NC(=O)NN)c1COC(N)=CC=Nc1ccc(Cl)cc1. The van der Waals surface area contributed by atoms with Gasteiger partial charge in [-0.1, -0.05) is 23.7 Å². The number of rotatable bonds is 6. The number of hydrogen-bond acceptors (Lipinski definition) is 5. The maximum Gasteiger partial charge on any atom is 0.333 e. The molecule has 136 valence electrons. The lowest BCUT2D eigenvalue weighted by atomic mass is 10.1. The average molecular weight is 374 g/mol. The number of aliphatic imine (C=N–C) groups is 1. The predicted molar refractivity (Wildman–Crippen MR) is 104 cm³/mol. The first-order chi connectivity index (χ1) is 12.5. The summed E-state index contributed by atoms with van der Waals surface area (Å²) in [7, 11) is 0. The smallest absolute Gasteiger partial charge is 0.333 e. The number of anilines is 1. The van der Waals surface area contributed by atoms with Crippen LogP contribution in [0.2, 0.25) is 5.02 Å². The minimum atomic E-state index is -0.518. The second-order valence-electron chi connectivity index (χ2n) is 5.31. The molecule has 0 radical (unpaired) electrons. The summed E-state index contributed by atoms with van der Waals surface area (Å²) in [4.78, 5) is 15.7. The van der Waals surface area contributed by atoms with E-state index in [1.54, 1.807) is 36.4 Å². The Morgan fingerprint density at radius 2 is 2.00 bits per heavy atom. The molecule has 0 aromatic heterocycles. The largest absolute Gasteiger partial charge is 0.474 e. The molecule has 0 unspecified atom stereocenters. The van der Waals surface area contributed by atoms with Crippen LogP contribution in [-0.4, -0.2) is 12.2 Å². The molecular weight excluding hydrogens is 354 g/mol. The van der Waals surface area contributed by atoms with Crippen LogP contribution in [0, 0.1) is 6.92 Å². The van der Waals surface area contributed by atoms with E-state index in [2.05, 4.69) is 10.3 Å². The molecule has 0 saturated carbocycles. The molecule has 0 spiro atoms. The Balaban J connectivity index is 2.01. The van der Waals surface area contributed by atoms with E-state index in [0.717, 1.165) is 16.8 Å². The molecule has 0 bridgehead atoms. The van der Waals surface area contributed by atoms with Crippen molar-refractivity contribution in [1.29, 1.82) is 0 Å². The summed E-state index contributed by atoms with van der Waals surface area (Å²) >= 11 is 5.82. The number of nitrogens with two attached hydrogens (primary N) is 2. The van der Waals surface area contributed by atoms with Crippen LogP contribution in [0.3, 0.4) is 0 Å². The number of urea groups is 1. The third kappa shape index (κ3) is 5.80. The van der Waals surface area contributed by atoms with Crippen LogP contribution in [0.15, 0.2) is 59.4 Å². The first-order valence-electron chi connectivity index (χ1n) is 7.74. The van der Waals surface area contributed by atoms with Gasteiger partial charge in [0.15, 0.2) is 5.88 Å². The summed E-state index contributed by atoms with van der Waals surface area (Å²) in [5.74, 6) is 5.29. The lowest BCUT2D eigenvalue weighted by molar-refractivity contribution is 0.196. The standard InChI is InChI=1S/C18H20ClN5O2/c1-12-3-2-4-16(23-18(25)24-21)15(12)11-26-17(20)9-10-22-14-7-5-13(19)6-8-14/h2-10H,11,20-21H2,1H3,(H2,23,24,25). The van der Waals surface area contributed by atoms with Gasteiger partial charge in [0.25, 0.3) is 0 Å². The molecule has 0 atom stereocenters. The summed E-state index contributed by atoms with van der Waals surface area (Å²) < 4.78 is 5.55. The van der Waals surface area contributed by atoms with Crippen molar-refractivity contribution in [3.63, 3.8) is 0 Å². The Kier molecular flexibility index (Phi) is 7.02. The average Bonchev–Trinajstić information content (AvgIpc) is 2.62. The van der Waals surface area contributed by atoms with Crippen molar-refractivity contribution in [3.05, 3.63) is 70.6 Å². The summed E-state index contributed by atoms with van der Waals surface area (Å²) in [5.41, 5.74) is 10.9. The highest BCUT2D eigenvalue weighted by molar-refractivity contribution is 6.30. The van der Waals surface area contributed by atoms with Crippen LogP contribution >= 0.6 is 11.6 Å². The summed E-state index contributed by atoms with van der Waals surface area (Å²) in [5, 5.41) is 3.29. The highest BCUT2D eigenvalue weighted by atomic mass is 35.5. The number of nitrogens with zero attached hydrogens (tertiary/aromatic N) is 1. The maximum atomic E-state index is 11.4. The summed E-state index contributed by atoms with van der Waals surface area (Å²) in [6, 6.07) is 12.0. The Morgan fingerprint density at radius 3 is 2.69 bits per heavy atom. The molecule has 2 rings (SSSR count). The van der Waals surface area contributed by atoms with E-state index in [1.807, 2.05) is 24.5 Å². The van der Waals surface area contributed by atoms with Crippen LogP contribution in [0.4, 0.5) is 16.2 Å². The zero-order chi connectivity index (χ0) is 18.9. The zero-order valence-corrected chi connectivity index (χ0v) is 15.0. The van der Waals surface area contributed by atoms with E-state index in [1.165, 1.54) is 6.21 Å². The van der Waals surface area contributed by atoms with E-state index < -0.39 is 6.03 Å². The van der Waals surface area contributed by atoms with Crippen molar-refractivity contribution in [2.75, 3.05) is 5.32 Å². The van der Waals surface area contributed by atoms with Crippen molar-refractivity contribution in [2.24, 2.45) is 16.6 Å². The first kappa shape index (κ1) is 19.3. The molecule has 0 fully saturated rings. The number of hydrazine groups is 1. The number of halogens is 1. The van der Waals surface area contributed by atoms with Gasteiger partial charge in [0.2, 0.25) is 0 Å². The molecule has 2 aromatic carbocycles. The van der Waals surface area contributed by atoms with E-state index in [4.69, 9.17) is 27.9 Å². The molecule has 0 aliphatic carbocycles. The number of carbonyl (C=O) groups excluding carboxylic acids is 1. The summed E-state index contributed by atoms with van der Waals surface area (Å²) in [6.45, 7) is 2.09. The Hall–Kier alpha value is -3.03. The quantitative estimate of drug-likeness (QED) is 0.204. The fourth-order valence-electron chi connectivity index (χ4n) is 2.10. The predicted octanol–water partition coefficient (Wildman–Crippen LogP) is 3.36. The molecule has 2 amide bonds. The van der Waals surface area contributed by atoms with Gasteiger partial charge < -0.3 is 15.8 Å². The summed E-state index contributed by atoms with van der Waals surface area (Å²) in [6.07, 6.45) is 3.09. The Bertz CT molecular complexity index is 819. The Morgan fingerprint density at radius 1 is 1.27 bits per heavy atom. The van der Waals surface area contributed by atoms with Crippen molar-refractivity contribution in [3.8, 4) is 0 Å². The van der Waals surface area contributed by atoms with Gasteiger partial charge in [-0.3, -0.25) is 10.4 Å². The number of ether oxygens (including phenoxy) is 1. The van der Waals surface area contributed by atoms with E-state index in [9.17, 15) is 4.79 Å². The second-order valence-corrected chi connectivity index (χ2v) is 5.75. The molecule has 0 saturated heterocycles. The molecular formula is C18H20ClN5O2. The van der Waals surface area contributed by atoms with Gasteiger partial charge in [-0.25, -0.2) is 10.6 Å². The van der Waals surface area contributed by atoms with Gasteiger partial charge in [-0.15, -0.1) is 0 Å². The maximum absolute atomic E-state index is 11.4. The third-order valence-electron chi connectivity index (χ3n) is 3.46. The van der Waals surface area contributed by atoms with E-state index in [0.29, 0.717) is 10.7 Å². The van der Waals surface area contributed by atoms with E-state index >= 15 is 0 Å². The van der Waals surface area contributed by atoms with Gasteiger partial charge in [0.05, 0.1) is 5.69 Å². The topological polar surface area (TPSA) is 115 Å². The van der Waals surface area contributed by atoms with Crippen LogP contribution in [0.5, 0.6) is 0 Å². The molecule has 0 aliphatic heterocycles. The lowest BCUT2D eigenvalue weighted by Crippen LogP contribution is -2.34. The minimum absolute atomic E-state index is 0.185. The molecule has 7 nitrogen and oxygen atoms in total. The highest BCUT2D eigenvalue weighted by Crippen LogP contribution is 2.21. The van der Waals surface area contributed by atoms with Gasteiger partial charge in [-0.2, -0.15) is 0 Å². The van der Waals surface area contributed by atoms with Gasteiger partial charge in [0, 0.05) is 28.6 Å². The van der Waals surface area contributed by atoms with Gasteiger partial charge in [-0.05, 0) is 42.8 Å². The molecule has 0 heterocycles. The first-order valence-corrected chi connectivity index (χ1v) is 8.11. The number of aryl methyl sites for hydroxylation is 1. The van der Waals surface area contributed by atoms with Crippen molar-refractivity contribution >= 4 is 35.2 Å². The van der Waals surface area contributed by atoms with Crippen LogP contribution in [0.25, 0.3) is 0 Å². The van der Waals surface area contributed by atoms with Crippen molar-refractivity contribution in [1.82, 2.24) is 5.43 Å². The zero-order valence-electron chi connectivity index (χ0n) is 14.2. The van der Waals surface area contributed by atoms with Crippen LogP contribution in [0.1, 0.15) is 11.1 Å². The number of nitrogens with one attached hydrogen (secondary N) is 2. The van der Waals surface area contributed by atoms with Crippen LogP contribution < -0.4 is 22.3 Å². The third-order valence-corrected chi connectivity index (χ3v) is 3.71. The fourth-order valence-corrected chi connectivity index (χ4v) is 2.22. The van der Waals surface area contributed by atoms with E-state index in [-0.39, 0.29) is 12.5 Å². The van der Waals surface area contributed by atoms with Gasteiger partial charge >= 0.3 is 6.03 Å². The fraction of sp³-hybridized carbons (Fsp3) is 0.111. The number of amides is 2. The molecule has 8 heteroatoms. The molecule has 26 heavy (non-hydrogen) atoms. The Labute approximate surface area is 156 Å². The van der Waals surface area contributed by atoms with Crippen LogP contribution in [-0.2, 0) is 11.3 Å². The number of allylic oxidation sites excluding steroid dienone is 1. The number of hydrogen-bond donors (Lipinski definition) is 4. The number of benzene rings is 2. The number of carbonyl (C=O) groups is 1. The minimum Gasteiger partial charge on any atom is -0.474 e. The molecule has 2 aromatic rings. The lowest BCUT2D eigenvalue weighted by Gasteiger charge is -2.14. The normalized spacial score (nSPS) is 11.4. The van der Waals surface area contributed by atoms with Crippen molar-refractivity contribution < 1.29 is 9.53 Å². The monoisotopic (exact) mass is 373 g/mol. The van der Waals surface area contributed by atoms with Gasteiger partial charge in [0.1, 0.15) is 6.61 Å². The second kappa shape index (κ2) is 9.45. The van der Waals surface area contributed by atoms with Crippen molar-refractivity contribution in [2.45, 2.75) is 13.5 Å². The highest BCUT2D eigenvalue weighted by Gasteiger charge is 2.09. The molecule has 6 N–H and O–H groups in total. The molecule has 0 aliphatic rings.